The molecule has 1 heterocycles. The van der Waals surface area contributed by atoms with Crippen molar-refractivity contribution in [2.75, 3.05) is 6.61 Å². The highest BCUT2D eigenvalue weighted by Gasteiger charge is 2.07. The summed E-state index contributed by atoms with van der Waals surface area (Å²) in [4.78, 5) is 35.5. The summed E-state index contributed by atoms with van der Waals surface area (Å²) in [6.45, 7) is 7.30. The smallest absolute Gasteiger partial charge is 0.330 e. The predicted octanol–water partition coefficient (Wildman–Crippen LogP) is 2.96. The largest absolute Gasteiger partial charge is 0.465 e. The number of rotatable bonds is 12. The van der Waals surface area contributed by atoms with Gasteiger partial charge in [-0.3, -0.25) is 14.2 Å². The Bertz CT molecular complexity index is 631. The van der Waals surface area contributed by atoms with Gasteiger partial charge in [-0.2, -0.15) is 0 Å². The number of ether oxygens (including phenoxy) is 1. The molecule has 25 heavy (non-hydrogen) atoms. The van der Waals surface area contributed by atoms with Crippen LogP contribution in [0.1, 0.15) is 65.7 Å². The number of hydrogen-bond acceptors (Lipinski definition) is 4. The molecule has 0 bridgehead atoms. The van der Waals surface area contributed by atoms with Gasteiger partial charge in [-0.05, 0) is 25.7 Å². The average Bonchev–Trinajstić information content (AvgIpc) is 2.58. The van der Waals surface area contributed by atoms with Gasteiger partial charge in [0.2, 0.25) is 0 Å². The lowest BCUT2D eigenvalue weighted by atomic mass is 10.2. The number of carbonyl (C=O) groups excluding carboxylic acids is 1. The normalized spacial score (nSPS) is 11.0. The zero-order chi connectivity index (χ0) is 18.7. The summed E-state index contributed by atoms with van der Waals surface area (Å²) in [5.74, 6) is -0.239. The summed E-state index contributed by atoms with van der Waals surface area (Å²) in [6.07, 6.45) is 8.13. The van der Waals surface area contributed by atoms with Crippen molar-refractivity contribution in [3.05, 3.63) is 33.1 Å². The summed E-state index contributed by atoms with van der Waals surface area (Å²) in [6, 6.07) is 1.47. The molecule has 0 radical (unpaired) electrons. The van der Waals surface area contributed by atoms with Gasteiger partial charge >= 0.3 is 11.7 Å². The average molecular weight is 352 g/mol. The third kappa shape index (κ3) is 7.71. The number of unbranched alkanes of at least 4 members (excludes halogenated alkanes) is 5. The Balaban J connectivity index is 2.35. The minimum atomic E-state index is -0.218. The van der Waals surface area contributed by atoms with Gasteiger partial charge < -0.3 is 9.30 Å². The second kappa shape index (κ2) is 11.7. The van der Waals surface area contributed by atoms with Crippen LogP contribution < -0.4 is 11.2 Å². The molecule has 1 rings (SSSR count). The van der Waals surface area contributed by atoms with Crippen molar-refractivity contribution in [2.45, 2.75) is 78.8 Å². The van der Waals surface area contributed by atoms with Crippen LogP contribution in [0.5, 0.6) is 0 Å². The summed E-state index contributed by atoms with van der Waals surface area (Å²) in [5, 5.41) is 0. The molecule has 1 aromatic heterocycles. The lowest BCUT2D eigenvalue weighted by molar-refractivity contribution is -0.147. The number of esters is 1. The SMILES string of the molecule is CCCCCn1c(=O)ccn(CCCCCCOC(=O)C(C)C)c1=O. The van der Waals surface area contributed by atoms with E-state index in [1.54, 1.807) is 10.8 Å². The van der Waals surface area contributed by atoms with Gasteiger partial charge in [0, 0.05) is 25.4 Å². The van der Waals surface area contributed by atoms with Gasteiger partial charge in [0.05, 0.1) is 12.5 Å². The minimum Gasteiger partial charge on any atom is -0.465 e. The molecule has 0 spiro atoms. The zero-order valence-electron chi connectivity index (χ0n) is 15.8. The topological polar surface area (TPSA) is 70.3 Å². The van der Waals surface area contributed by atoms with E-state index in [1.807, 2.05) is 13.8 Å². The van der Waals surface area contributed by atoms with Gasteiger partial charge in [0.15, 0.2) is 0 Å². The summed E-state index contributed by atoms with van der Waals surface area (Å²) in [5.41, 5.74) is -0.432. The van der Waals surface area contributed by atoms with E-state index in [4.69, 9.17) is 4.74 Å². The zero-order valence-corrected chi connectivity index (χ0v) is 15.8. The molecule has 0 fully saturated rings. The fourth-order valence-electron chi connectivity index (χ4n) is 2.53. The van der Waals surface area contributed by atoms with Crippen LogP contribution in [0.25, 0.3) is 0 Å². The molecule has 6 nitrogen and oxygen atoms in total. The Morgan fingerprint density at radius 1 is 1.04 bits per heavy atom. The van der Waals surface area contributed by atoms with E-state index < -0.39 is 0 Å². The van der Waals surface area contributed by atoms with Crippen LogP contribution in [-0.4, -0.2) is 21.7 Å². The maximum atomic E-state index is 12.4. The number of hydrogen-bond donors (Lipinski definition) is 0. The molecule has 0 saturated carbocycles. The molecule has 1 aromatic rings. The first-order valence-corrected chi connectivity index (χ1v) is 9.44. The highest BCUT2D eigenvalue weighted by Crippen LogP contribution is 2.03. The lowest BCUT2D eigenvalue weighted by Gasteiger charge is -2.10. The molecular formula is C19H32N2O4. The highest BCUT2D eigenvalue weighted by molar-refractivity contribution is 5.71. The number of aromatic nitrogens is 2. The van der Waals surface area contributed by atoms with Crippen LogP contribution in [0.2, 0.25) is 0 Å². The molecular weight excluding hydrogens is 320 g/mol. The second-order valence-electron chi connectivity index (χ2n) is 6.73. The minimum absolute atomic E-state index is 0.0834. The van der Waals surface area contributed by atoms with E-state index >= 15 is 0 Å². The van der Waals surface area contributed by atoms with Gasteiger partial charge in [0.25, 0.3) is 5.56 Å². The van der Waals surface area contributed by atoms with E-state index in [9.17, 15) is 14.4 Å². The van der Waals surface area contributed by atoms with Crippen molar-refractivity contribution in [1.82, 2.24) is 9.13 Å². The molecule has 0 aliphatic rings. The molecule has 0 N–H and O–H groups in total. The Labute approximate surface area is 149 Å². The molecule has 0 atom stereocenters. The van der Waals surface area contributed by atoms with Crippen LogP contribution in [0.4, 0.5) is 0 Å². The highest BCUT2D eigenvalue weighted by atomic mass is 16.5. The molecule has 6 heteroatoms. The predicted molar refractivity (Wildman–Crippen MR) is 98.8 cm³/mol. The van der Waals surface area contributed by atoms with Crippen molar-refractivity contribution in [3.8, 4) is 0 Å². The Morgan fingerprint density at radius 2 is 1.72 bits per heavy atom. The van der Waals surface area contributed by atoms with Crippen LogP contribution >= 0.6 is 0 Å². The van der Waals surface area contributed by atoms with Crippen LogP contribution in [0.15, 0.2) is 21.9 Å². The standard InChI is InChI=1S/C19H32N2O4/c1-4-5-8-13-21-17(22)11-14-20(19(21)24)12-9-6-7-10-15-25-18(23)16(2)3/h11,14,16H,4-10,12-13,15H2,1-3H3. The molecule has 0 unspecified atom stereocenters. The maximum Gasteiger partial charge on any atom is 0.330 e. The van der Waals surface area contributed by atoms with Crippen LogP contribution in [0, 0.1) is 5.92 Å². The fourth-order valence-corrected chi connectivity index (χ4v) is 2.53. The molecule has 0 aliphatic carbocycles. The molecule has 0 amide bonds. The van der Waals surface area contributed by atoms with Crippen molar-refractivity contribution in [2.24, 2.45) is 5.92 Å². The third-order valence-corrected chi connectivity index (χ3v) is 4.13. The Hall–Kier alpha value is -1.85. The van der Waals surface area contributed by atoms with Crippen LogP contribution in [-0.2, 0) is 22.6 Å². The monoisotopic (exact) mass is 352 g/mol. The molecule has 0 aliphatic heterocycles. The maximum absolute atomic E-state index is 12.4. The molecule has 0 aromatic carbocycles. The Morgan fingerprint density at radius 3 is 2.40 bits per heavy atom. The van der Waals surface area contributed by atoms with Gasteiger partial charge in [-0.25, -0.2) is 4.79 Å². The van der Waals surface area contributed by atoms with E-state index in [2.05, 4.69) is 6.92 Å². The van der Waals surface area contributed by atoms with Crippen LogP contribution in [0.3, 0.4) is 0 Å². The quantitative estimate of drug-likeness (QED) is 0.428. The van der Waals surface area contributed by atoms with E-state index in [0.29, 0.717) is 19.7 Å². The van der Waals surface area contributed by atoms with Crippen molar-refractivity contribution >= 4 is 5.97 Å². The van der Waals surface area contributed by atoms with E-state index in [-0.39, 0.29) is 23.1 Å². The van der Waals surface area contributed by atoms with Gasteiger partial charge in [0.1, 0.15) is 0 Å². The lowest BCUT2D eigenvalue weighted by Crippen LogP contribution is -2.39. The summed E-state index contributed by atoms with van der Waals surface area (Å²) < 4.78 is 8.08. The first-order chi connectivity index (χ1) is 12.0. The number of carbonyl (C=O) groups is 1. The third-order valence-electron chi connectivity index (χ3n) is 4.13. The van der Waals surface area contributed by atoms with Crippen molar-refractivity contribution in [1.29, 1.82) is 0 Å². The van der Waals surface area contributed by atoms with Gasteiger partial charge in [-0.1, -0.05) is 40.0 Å². The number of aryl methyl sites for hydroxylation is 1. The molecule has 142 valence electrons. The van der Waals surface area contributed by atoms with Crippen molar-refractivity contribution < 1.29 is 9.53 Å². The summed E-state index contributed by atoms with van der Waals surface area (Å²) >= 11 is 0. The van der Waals surface area contributed by atoms with Crippen molar-refractivity contribution in [3.63, 3.8) is 0 Å². The first-order valence-electron chi connectivity index (χ1n) is 9.44. The van der Waals surface area contributed by atoms with E-state index in [1.165, 1.54) is 10.6 Å². The summed E-state index contributed by atoms with van der Waals surface area (Å²) in [7, 11) is 0. The van der Waals surface area contributed by atoms with E-state index in [0.717, 1.165) is 44.9 Å². The first kappa shape index (κ1) is 21.2. The van der Waals surface area contributed by atoms with Gasteiger partial charge in [-0.15, -0.1) is 0 Å². The second-order valence-corrected chi connectivity index (χ2v) is 6.73. The fraction of sp³-hybridized carbons (Fsp3) is 0.737. The Kier molecular flexibility index (Phi) is 9.88. The molecule has 0 saturated heterocycles. The number of nitrogens with zero attached hydrogens (tertiary/aromatic N) is 2.